The summed E-state index contributed by atoms with van der Waals surface area (Å²) in [6.07, 6.45) is 0. The van der Waals surface area contributed by atoms with Crippen molar-refractivity contribution < 1.29 is 0 Å². The highest BCUT2D eigenvalue weighted by Gasteiger charge is 2.00. The Bertz CT molecular complexity index is 296. The van der Waals surface area contributed by atoms with Crippen molar-refractivity contribution in [1.29, 1.82) is 5.41 Å². The number of nitrogens with two attached hydrogens (primary N) is 1. The van der Waals surface area contributed by atoms with Gasteiger partial charge in [-0.2, -0.15) is 0 Å². The molecule has 0 aliphatic heterocycles. The van der Waals surface area contributed by atoms with E-state index in [2.05, 4.69) is 0 Å². The molecule has 0 radical (unpaired) electrons. The second-order valence-corrected chi connectivity index (χ2v) is 3.30. The van der Waals surface area contributed by atoms with Gasteiger partial charge in [-0.15, -0.1) is 0 Å². The van der Waals surface area contributed by atoms with Gasteiger partial charge in [0.25, 0.3) is 0 Å². The number of hydrogen-bond acceptors (Lipinski definition) is 1. The molecule has 1 aromatic rings. The fourth-order valence-corrected chi connectivity index (χ4v) is 1.07. The normalized spacial score (nSPS) is 8.12. The Morgan fingerprint density at radius 2 is 1.59 bits per heavy atom. The molecule has 0 aromatic heterocycles. The number of nitrogens with one attached hydrogen (secondary N) is 1. The zero-order valence-electron chi connectivity index (χ0n) is 11.4. The van der Waals surface area contributed by atoms with Gasteiger partial charge in [-0.3, -0.25) is 5.41 Å². The number of guanidine groups is 1. The summed E-state index contributed by atoms with van der Waals surface area (Å²) in [7, 11) is 1.77. The van der Waals surface area contributed by atoms with Gasteiger partial charge in [-0.25, -0.2) is 0 Å². The van der Waals surface area contributed by atoms with Gasteiger partial charge in [0.1, 0.15) is 0 Å². The van der Waals surface area contributed by atoms with Crippen LogP contribution in [0.2, 0.25) is 5.02 Å². The molecule has 0 fully saturated rings. The molecule has 0 saturated carbocycles. The fourth-order valence-electron chi connectivity index (χ4n) is 0.949. The Morgan fingerprint density at radius 1 is 1.18 bits per heavy atom. The van der Waals surface area contributed by atoms with Gasteiger partial charge in [0, 0.05) is 18.6 Å². The predicted octanol–water partition coefficient (Wildman–Crippen LogP) is 3.72. The van der Waals surface area contributed by atoms with Gasteiger partial charge in [0.05, 0.1) is 0 Å². The van der Waals surface area contributed by atoms with Gasteiger partial charge in [0.2, 0.25) is 0 Å². The Morgan fingerprint density at radius 3 is 1.94 bits per heavy atom. The zero-order chi connectivity index (χ0) is 13.8. The van der Waals surface area contributed by atoms with Crippen LogP contribution >= 0.6 is 11.6 Å². The molecule has 0 saturated heterocycles. The molecule has 0 aliphatic carbocycles. The fraction of sp³-hybridized carbons (Fsp3) is 0.462. The highest BCUT2D eigenvalue weighted by Crippen LogP contribution is 2.10. The molecule has 3 nitrogen and oxygen atoms in total. The maximum Gasteiger partial charge on any atom is 0.188 e. The van der Waals surface area contributed by atoms with Crippen LogP contribution in [0.1, 0.15) is 33.3 Å². The van der Waals surface area contributed by atoms with Crippen molar-refractivity contribution in [3.8, 4) is 0 Å². The standard InChI is InChI=1S/C9H12ClN3.2C2H6/c1-13(9(11)12)6-7-2-4-8(10)5-3-7;2*1-2/h2-5H,6H2,1H3,(H3,11,12);2*1-2H3. The summed E-state index contributed by atoms with van der Waals surface area (Å²) < 4.78 is 0. The predicted molar refractivity (Wildman–Crippen MR) is 77.5 cm³/mol. The first-order valence-corrected chi connectivity index (χ1v) is 6.27. The largest absolute Gasteiger partial charge is 0.370 e. The smallest absolute Gasteiger partial charge is 0.188 e. The van der Waals surface area contributed by atoms with E-state index >= 15 is 0 Å². The molecule has 0 spiro atoms. The molecular formula is C13H24ClN3. The summed E-state index contributed by atoms with van der Waals surface area (Å²) >= 11 is 5.73. The first-order chi connectivity index (χ1) is 8.09. The second-order valence-electron chi connectivity index (χ2n) is 2.87. The highest BCUT2D eigenvalue weighted by atomic mass is 35.5. The van der Waals surface area contributed by atoms with E-state index < -0.39 is 0 Å². The molecule has 0 atom stereocenters. The summed E-state index contributed by atoms with van der Waals surface area (Å²) in [5.41, 5.74) is 6.38. The third kappa shape index (κ3) is 8.57. The monoisotopic (exact) mass is 257 g/mol. The van der Waals surface area contributed by atoms with E-state index in [1.54, 1.807) is 11.9 Å². The molecule has 4 heteroatoms. The van der Waals surface area contributed by atoms with Gasteiger partial charge in [0.15, 0.2) is 5.96 Å². The van der Waals surface area contributed by atoms with E-state index in [4.69, 9.17) is 22.7 Å². The van der Waals surface area contributed by atoms with E-state index in [-0.39, 0.29) is 5.96 Å². The minimum atomic E-state index is 0.0648. The molecule has 0 bridgehead atoms. The van der Waals surface area contributed by atoms with E-state index in [1.165, 1.54) is 0 Å². The lowest BCUT2D eigenvalue weighted by Gasteiger charge is -2.16. The lowest BCUT2D eigenvalue weighted by atomic mass is 10.2. The third-order valence-corrected chi connectivity index (χ3v) is 2.00. The zero-order valence-corrected chi connectivity index (χ0v) is 12.2. The first kappa shape index (κ1) is 18.2. The summed E-state index contributed by atoms with van der Waals surface area (Å²) in [5, 5.41) is 7.89. The molecule has 1 aromatic carbocycles. The van der Waals surface area contributed by atoms with E-state index in [9.17, 15) is 0 Å². The Labute approximate surface area is 110 Å². The molecule has 17 heavy (non-hydrogen) atoms. The van der Waals surface area contributed by atoms with Crippen LogP contribution in [0.3, 0.4) is 0 Å². The average Bonchev–Trinajstić information content (AvgIpc) is 2.37. The lowest BCUT2D eigenvalue weighted by Crippen LogP contribution is -2.32. The van der Waals surface area contributed by atoms with Crippen molar-refractivity contribution >= 4 is 17.6 Å². The van der Waals surface area contributed by atoms with Crippen molar-refractivity contribution in [1.82, 2.24) is 4.90 Å². The average molecular weight is 258 g/mol. The SMILES string of the molecule is CC.CC.CN(Cc1ccc(Cl)cc1)C(=N)N. The van der Waals surface area contributed by atoms with E-state index in [1.807, 2.05) is 52.0 Å². The topological polar surface area (TPSA) is 53.1 Å². The lowest BCUT2D eigenvalue weighted by molar-refractivity contribution is 0.491. The number of nitrogens with zero attached hydrogens (tertiary/aromatic N) is 1. The van der Waals surface area contributed by atoms with Crippen LogP contribution in [0.4, 0.5) is 0 Å². The molecule has 0 amide bonds. The molecular weight excluding hydrogens is 234 g/mol. The summed E-state index contributed by atoms with van der Waals surface area (Å²) in [6.45, 7) is 8.63. The van der Waals surface area contributed by atoms with Crippen LogP contribution in [0.25, 0.3) is 0 Å². The first-order valence-electron chi connectivity index (χ1n) is 5.89. The van der Waals surface area contributed by atoms with Crippen molar-refractivity contribution in [2.45, 2.75) is 34.2 Å². The Hall–Kier alpha value is -1.22. The number of hydrogen-bond donors (Lipinski definition) is 2. The van der Waals surface area contributed by atoms with Crippen molar-refractivity contribution in [3.05, 3.63) is 34.9 Å². The maximum absolute atomic E-state index is 7.17. The van der Waals surface area contributed by atoms with Gasteiger partial charge < -0.3 is 10.6 Å². The van der Waals surface area contributed by atoms with Gasteiger partial charge >= 0.3 is 0 Å². The van der Waals surface area contributed by atoms with Crippen LogP contribution < -0.4 is 5.73 Å². The summed E-state index contributed by atoms with van der Waals surface area (Å²) in [4.78, 5) is 1.66. The van der Waals surface area contributed by atoms with E-state index in [0.717, 1.165) is 5.56 Å². The quantitative estimate of drug-likeness (QED) is 0.627. The van der Waals surface area contributed by atoms with Crippen LogP contribution in [0, 0.1) is 5.41 Å². The summed E-state index contributed by atoms with van der Waals surface area (Å²) in [5.74, 6) is 0.0648. The summed E-state index contributed by atoms with van der Waals surface area (Å²) in [6, 6.07) is 7.49. The molecule has 3 N–H and O–H groups in total. The highest BCUT2D eigenvalue weighted by molar-refractivity contribution is 6.30. The van der Waals surface area contributed by atoms with Gasteiger partial charge in [-0.1, -0.05) is 51.4 Å². The second kappa shape index (κ2) is 11.3. The number of benzene rings is 1. The third-order valence-electron chi connectivity index (χ3n) is 1.74. The van der Waals surface area contributed by atoms with Crippen LogP contribution in [0.15, 0.2) is 24.3 Å². The Balaban J connectivity index is 0. The van der Waals surface area contributed by atoms with Crippen LogP contribution in [-0.2, 0) is 6.54 Å². The van der Waals surface area contributed by atoms with E-state index in [0.29, 0.717) is 11.6 Å². The molecule has 1 rings (SSSR count). The van der Waals surface area contributed by atoms with Crippen molar-refractivity contribution in [2.75, 3.05) is 7.05 Å². The number of rotatable bonds is 2. The molecule has 0 aliphatic rings. The van der Waals surface area contributed by atoms with Crippen molar-refractivity contribution in [2.24, 2.45) is 5.73 Å². The van der Waals surface area contributed by atoms with Crippen LogP contribution in [0.5, 0.6) is 0 Å². The van der Waals surface area contributed by atoms with Gasteiger partial charge in [-0.05, 0) is 17.7 Å². The maximum atomic E-state index is 7.17. The minimum absolute atomic E-state index is 0.0648. The Kier molecular flexibility index (Phi) is 12.0. The number of halogens is 1. The minimum Gasteiger partial charge on any atom is -0.370 e. The van der Waals surface area contributed by atoms with Crippen molar-refractivity contribution in [3.63, 3.8) is 0 Å². The molecule has 98 valence electrons. The molecule has 0 unspecified atom stereocenters. The van der Waals surface area contributed by atoms with Crippen LogP contribution in [-0.4, -0.2) is 17.9 Å². The molecule has 0 heterocycles.